The van der Waals surface area contributed by atoms with Crippen LogP contribution in [-0.2, 0) is 9.53 Å². The normalized spacial score (nSPS) is 22.4. The first-order valence-electron chi connectivity index (χ1n) is 10.8. The molecule has 2 atom stereocenters. The fourth-order valence-electron chi connectivity index (χ4n) is 4.71. The molecule has 0 spiro atoms. The van der Waals surface area contributed by atoms with Crippen LogP contribution in [0.1, 0.15) is 30.9 Å². The summed E-state index contributed by atoms with van der Waals surface area (Å²) in [5.41, 5.74) is 3.55. The lowest BCUT2D eigenvalue weighted by molar-refractivity contribution is -0.139. The smallest absolute Gasteiger partial charge is 0.320 e. The highest BCUT2D eigenvalue weighted by Crippen LogP contribution is 2.32. The van der Waals surface area contributed by atoms with E-state index in [-0.39, 0.29) is 38.1 Å². The number of halogens is 1. The summed E-state index contributed by atoms with van der Waals surface area (Å²) < 4.78 is 5.57. The van der Waals surface area contributed by atoms with Crippen molar-refractivity contribution in [3.63, 3.8) is 0 Å². The third-order valence-corrected chi connectivity index (χ3v) is 6.78. The van der Waals surface area contributed by atoms with Crippen LogP contribution in [0.4, 0.5) is 4.79 Å². The number of benzene rings is 2. The van der Waals surface area contributed by atoms with Gasteiger partial charge in [0, 0.05) is 37.1 Å². The highest BCUT2D eigenvalue weighted by Gasteiger charge is 2.40. The number of nitrogens with one attached hydrogen (secondary N) is 1. The van der Waals surface area contributed by atoms with Crippen molar-refractivity contribution in [2.45, 2.75) is 31.9 Å². The van der Waals surface area contributed by atoms with Crippen LogP contribution in [0, 0.1) is 11.3 Å². The number of amides is 3. The van der Waals surface area contributed by atoms with E-state index in [2.05, 4.69) is 23.5 Å². The molecule has 0 unspecified atom stereocenters. The summed E-state index contributed by atoms with van der Waals surface area (Å²) in [7, 11) is 0. The molecular formula is C25H27ClN4O3. The quantitative estimate of drug-likeness (QED) is 0.732. The number of nitrogens with zero attached hydrogens (tertiary/aromatic N) is 3. The number of likely N-dealkylation sites (tertiary alicyclic amines) is 2. The zero-order valence-corrected chi connectivity index (χ0v) is 18.2. The first-order chi connectivity index (χ1) is 15.5. The molecule has 0 radical (unpaired) electrons. The first kappa shape index (κ1) is 23.1. The Balaban J connectivity index is 0.00000259. The minimum atomic E-state index is -0.121. The topological polar surface area (TPSA) is 85.7 Å². The zero-order valence-electron chi connectivity index (χ0n) is 17.5. The first-order valence-corrected chi connectivity index (χ1v) is 11.1. The zero-order chi connectivity index (χ0) is 22.2. The number of urea groups is 1. The van der Waals surface area contributed by atoms with Crippen LogP contribution in [0.5, 0.6) is 0 Å². The van der Waals surface area contributed by atoms with Crippen molar-refractivity contribution in [2.24, 2.45) is 0 Å². The van der Waals surface area contributed by atoms with Gasteiger partial charge in [-0.15, -0.1) is 0 Å². The number of piperidine rings is 1. The highest BCUT2D eigenvalue weighted by molar-refractivity contribution is 6.30. The monoisotopic (exact) mass is 466 g/mol. The summed E-state index contributed by atoms with van der Waals surface area (Å²) in [6.45, 7) is 2.60. The summed E-state index contributed by atoms with van der Waals surface area (Å²) in [5, 5.41) is 12.9. The Morgan fingerprint density at radius 3 is 2.61 bits per heavy atom. The van der Waals surface area contributed by atoms with Crippen LogP contribution in [0.15, 0.2) is 42.5 Å². The van der Waals surface area contributed by atoms with Gasteiger partial charge in [-0.2, -0.15) is 5.26 Å². The number of hydrogen-bond acceptors (Lipinski definition) is 4. The number of carbonyl (C=O) groups is 2. The molecule has 33 heavy (non-hydrogen) atoms. The van der Waals surface area contributed by atoms with Gasteiger partial charge in [0.25, 0.3) is 0 Å². The molecule has 3 aliphatic rings. The van der Waals surface area contributed by atoms with Crippen LogP contribution in [0.3, 0.4) is 0 Å². The lowest BCUT2D eigenvalue weighted by atomic mass is 9.89. The molecule has 1 N–H and O–H groups in total. The SMILES string of the molecule is C.N#Cc1cc(Cl)ccc1-c1ccc(C2CN(C(=O)N3CC[C@@H]4OCC(=O)N[C@@H]4C3)C2)cc1. The standard InChI is InChI=1S/C24H23ClN4O3.CH4/c25-19-5-6-20(17(9-19)10-26)16-3-1-15(2-4-16)18-11-29(12-18)24(31)28-8-7-22-21(13-28)27-23(30)14-32-22;/h1-6,9,18,21-22H,7-8,11-14H2,(H,27,30);1H4/t21-,22+;/m1./s1. The van der Waals surface area contributed by atoms with Gasteiger partial charge in [0.05, 0.1) is 23.8 Å². The van der Waals surface area contributed by atoms with Gasteiger partial charge in [0.2, 0.25) is 5.91 Å². The Morgan fingerprint density at radius 2 is 1.88 bits per heavy atom. The van der Waals surface area contributed by atoms with Gasteiger partial charge in [-0.1, -0.05) is 49.4 Å². The number of fused-ring (bicyclic) bond motifs is 1. The molecule has 3 fully saturated rings. The second-order valence-electron chi connectivity index (χ2n) is 8.57. The Morgan fingerprint density at radius 1 is 1.12 bits per heavy atom. The van der Waals surface area contributed by atoms with E-state index in [0.717, 1.165) is 17.5 Å². The maximum Gasteiger partial charge on any atom is 0.320 e. The lowest BCUT2D eigenvalue weighted by Crippen LogP contribution is -2.63. The molecule has 8 heteroatoms. The number of hydrogen-bond donors (Lipinski definition) is 1. The van der Waals surface area contributed by atoms with E-state index < -0.39 is 0 Å². The van der Waals surface area contributed by atoms with E-state index in [0.29, 0.717) is 42.7 Å². The summed E-state index contributed by atoms with van der Waals surface area (Å²) in [4.78, 5) is 28.2. The molecule has 2 aromatic rings. The average molecular weight is 467 g/mol. The number of rotatable bonds is 2. The van der Waals surface area contributed by atoms with Gasteiger partial charge < -0.3 is 19.9 Å². The fourth-order valence-corrected chi connectivity index (χ4v) is 4.89. The van der Waals surface area contributed by atoms with E-state index >= 15 is 0 Å². The van der Waals surface area contributed by atoms with Crippen LogP contribution in [0.2, 0.25) is 5.02 Å². The lowest BCUT2D eigenvalue weighted by Gasteiger charge is -2.46. The number of morpholine rings is 1. The molecule has 7 nitrogen and oxygen atoms in total. The second kappa shape index (κ2) is 9.42. The molecule has 3 amide bonds. The molecule has 2 aromatic carbocycles. The van der Waals surface area contributed by atoms with E-state index in [1.165, 1.54) is 5.56 Å². The summed E-state index contributed by atoms with van der Waals surface area (Å²) in [6, 6.07) is 15.6. The van der Waals surface area contributed by atoms with E-state index in [1.54, 1.807) is 12.1 Å². The summed E-state index contributed by atoms with van der Waals surface area (Å²) in [5.74, 6) is 0.178. The van der Waals surface area contributed by atoms with Crippen molar-refractivity contribution in [3.05, 3.63) is 58.6 Å². The van der Waals surface area contributed by atoms with Crippen molar-refractivity contribution < 1.29 is 14.3 Å². The molecule has 3 saturated heterocycles. The summed E-state index contributed by atoms with van der Waals surface area (Å²) in [6.07, 6.45) is 0.742. The van der Waals surface area contributed by atoms with E-state index in [1.807, 2.05) is 28.0 Å². The summed E-state index contributed by atoms with van der Waals surface area (Å²) >= 11 is 6.00. The molecule has 172 valence electrons. The Hall–Kier alpha value is -3.08. The number of nitriles is 1. The van der Waals surface area contributed by atoms with Gasteiger partial charge in [0.15, 0.2) is 0 Å². The van der Waals surface area contributed by atoms with Crippen molar-refractivity contribution in [1.29, 1.82) is 5.26 Å². The van der Waals surface area contributed by atoms with Gasteiger partial charge >= 0.3 is 6.03 Å². The largest absolute Gasteiger partial charge is 0.366 e. The predicted molar refractivity (Wildman–Crippen MR) is 126 cm³/mol. The van der Waals surface area contributed by atoms with Crippen molar-refractivity contribution in [1.82, 2.24) is 15.1 Å². The third kappa shape index (κ3) is 4.54. The van der Waals surface area contributed by atoms with Crippen LogP contribution in [-0.4, -0.2) is 66.7 Å². The van der Waals surface area contributed by atoms with E-state index in [4.69, 9.17) is 16.3 Å². The molecule has 0 saturated carbocycles. The maximum atomic E-state index is 12.9. The van der Waals surface area contributed by atoms with Crippen molar-refractivity contribution in [2.75, 3.05) is 32.8 Å². The minimum Gasteiger partial charge on any atom is -0.366 e. The van der Waals surface area contributed by atoms with Crippen molar-refractivity contribution >= 4 is 23.5 Å². The number of ether oxygens (including phenoxy) is 1. The van der Waals surface area contributed by atoms with E-state index in [9.17, 15) is 14.9 Å². The average Bonchev–Trinajstić information content (AvgIpc) is 2.78. The number of carbonyl (C=O) groups excluding carboxylic acids is 2. The molecule has 0 aliphatic carbocycles. The van der Waals surface area contributed by atoms with Crippen LogP contribution >= 0.6 is 11.6 Å². The molecule has 0 bridgehead atoms. The molecule has 0 aromatic heterocycles. The van der Waals surface area contributed by atoms with Gasteiger partial charge in [-0.05, 0) is 35.2 Å². The molecular weight excluding hydrogens is 440 g/mol. The van der Waals surface area contributed by atoms with Gasteiger partial charge in [-0.25, -0.2) is 4.79 Å². The maximum absolute atomic E-state index is 12.9. The van der Waals surface area contributed by atoms with Crippen LogP contribution < -0.4 is 5.32 Å². The second-order valence-corrected chi connectivity index (χ2v) is 9.00. The van der Waals surface area contributed by atoms with Crippen molar-refractivity contribution in [3.8, 4) is 17.2 Å². The molecule has 3 heterocycles. The van der Waals surface area contributed by atoms with Gasteiger partial charge in [-0.3, -0.25) is 4.79 Å². The molecule has 5 rings (SSSR count). The Bertz CT molecular complexity index is 1090. The molecule has 3 aliphatic heterocycles. The minimum absolute atomic E-state index is 0. The Kier molecular flexibility index (Phi) is 6.59. The van der Waals surface area contributed by atoms with Crippen LogP contribution in [0.25, 0.3) is 11.1 Å². The highest BCUT2D eigenvalue weighted by atomic mass is 35.5. The Labute approximate surface area is 198 Å². The fraction of sp³-hybridized carbons (Fsp3) is 0.400. The van der Waals surface area contributed by atoms with Gasteiger partial charge in [0.1, 0.15) is 6.61 Å². The predicted octanol–water partition coefficient (Wildman–Crippen LogP) is 3.62. The third-order valence-electron chi connectivity index (χ3n) is 6.54.